The fourth-order valence-electron chi connectivity index (χ4n) is 2.67. The van der Waals surface area contributed by atoms with Crippen molar-refractivity contribution in [3.8, 4) is 0 Å². The molecule has 2 aromatic rings. The Labute approximate surface area is 196 Å². The van der Waals surface area contributed by atoms with Crippen LogP contribution in [-0.4, -0.2) is 51.9 Å². The van der Waals surface area contributed by atoms with Gasteiger partial charge in [-0.05, 0) is 43.3 Å². The molecule has 0 saturated carbocycles. The van der Waals surface area contributed by atoms with Crippen LogP contribution in [0.3, 0.4) is 0 Å². The van der Waals surface area contributed by atoms with E-state index in [0.29, 0.717) is 5.69 Å². The van der Waals surface area contributed by atoms with E-state index in [4.69, 9.17) is 9.47 Å². The van der Waals surface area contributed by atoms with E-state index in [-0.39, 0.29) is 41.6 Å². The van der Waals surface area contributed by atoms with Gasteiger partial charge in [0.05, 0.1) is 29.2 Å². The fourth-order valence-corrected chi connectivity index (χ4v) is 3.71. The van der Waals surface area contributed by atoms with Crippen LogP contribution in [0.15, 0.2) is 53.4 Å². The Balaban J connectivity index is 1.80. The summed E-state index contributed by atoms with van der Waals surface area (Å²) >= 11 is 0. The van der Waals surface area contributed by atoms with Crippen molar-refractivity contribution in [1.82, 2.24) is 4.72 Å². The molecule has 0 saturated heterocycles. The van der Waals surface area contributed by atoms with Gasteiger partial charge in [0.1, 0.15) is 0 Å². The van der Waals surface area contributed by atoms with Crippen molar-refractivity contribution >= 4 is 45.2 Å². The molecule has 0 fully saturated rings. The van der Waals surface area contributed by atoms with Crippen LogP contribution < -0.4 is 15.4 Å². The smallest absolute Gasteiger partial charge is 0.340 e. The van der Waals surface area contributed by atoms with E-state index in [2.05, 4.69) is 15.4 Å². The van der Waals surface area contributed by atoms with E-state index < -0.39 is 34.5 Å². The number of esters is 2. The van der Waals surface area contributed by atoms with Gasteiger partial charge in [-0.15, -0.1) is 0 Å². The van der Waals surface area contributed by atoms with E-state index >= 15 is 0 Å². The number of carbonyl (C=O) groups is 4. The maximum absolute atomic E-state index is 12.3. The van der Waals surface area contributed by atoms with E-state index in [1.54, 1.807) is 19.1 Å². The quantitative estimate of drug-likeness (QED) is 0.401. The lowest BCUT2D eigenvalue weighted by Gasteiger charge is -2.11. The van der Waals surface area contributed by atoms with Crippen LogP contribution in [0.5, 0.6) is 0 Å². The minimum atomic E-state index is -3.88. The molecule has 0 bridgehead atoms. The Hall–Kier alpha value is -3.77. The summed E-state index contributed by atoms with van der Waals surface area (Å²) in [7, 11) is -3.88. The van der Waals surface area contributed by atoms with Gasteiger partial charge >= 0.3 is 11.9 Å². The zero-order chi connectivity index (χ0) is 25.1. The van der Waals surface area contributed by atoms with Crippen molar-refractivity contribution in [3.05, 3.63) is 54.1 Å². The molecule has 0 aromatic heterocycles. The van der Waals surface area contributed by atoms with Crippen LogP contribution in [0.4, 0.5) is 11.4 Å². The van der Waals surface area contributed by atoms with Gasteiger partial charge in [0, 0.05) is 19.2 Å². The highest BCUT2D eigenvalue weighted by Crippen LogP contribution is 2.16. The fraction of sp³-hybridized carbons (Fsp3) is 0.273. The minimum Gasteiger partial charge on any atom is -0.462 e. The van der Waals surface area contributed by atoms with E-state index in [0.717, 1.165) is 0 Å². The second kappa shape index (κ2) is 12.5. The van der Waals surface area contributed by atoms with Gasteiger partial charge < -0.3 is 20.1 Å². The third-order valence-corrected chi connectivity index (χ3v) is 5.64. The molecular weight excluding hydrogens is 466 g/mol. The van der Waals surface area contributed by atoms with Crippen LogP contribution in [0.2, 0.25) is 0 Å². The molecule has 2 rings (SSSR count). The molecule has 0 radical (unpaired) electrons. The zero-order valence-electron chi connectivity index (χ0n) is 18.6. The third kappa shape index (κ3) is 8.30. The lowest BCUT2D eigenvalue weighted by Crippen LogP contribution is -2.28. The van der Waals surface area contributed by atoms with Crippen LogP contribution in [-0.2, 0) is 33.9 Å². The molecule has 0 aliphatic carbocycles. The van der Waals surface area contributed by atoms with E-state index in [1.165, 1.54) is 43.3 Å². The highest BCUT2D eigenvalue weighted by atomic mass is 32.2. The van der Waals surface area contributed by atoms with E-state index in [9.17, 15) is 27.6 Å². The molecule has 2 aromatic carbocycles. The predicted octanol–water partition coefficient (Wildman–Crippen LogP) is 1.67. The standard InChI is InChI=1S/C22H25N3O8S/c1-3-32-22(29)18-6-4-5-7-19(18)25-20(27)14-33-21(28)12-13-23-34(30,31)17-10-8-16(9-11-17)24-15(2)26/h4-11,23H,3,12-14H2,1-2H3,(H,24,26)(H,25,27). The Bertz CT molecular complexity index is 1150. The first-order chi connectivity index (χ1) is 16.1. The zero-order valence-corrected chi connectivity index (χ0v) is 19.4. The molecule has 0 aliphatic heterocycles. The molecule has 0 heterocycles. The molecule has 11 nitrogen and oxygen atoms in total. The van der Waals surface area contributed by atoms with Gasteiger partial charge in [-0.3, -0.25) is 14.4 Å². The first-order valence-electron chi connectivity index (χ1n) is 10.2. The van der Waals surface area contributed by atoms with Crippen molar-refractivity contribution in [1.29, 1.82) is 0 Å². The number of carbonyl (C=O) groups excluding carboxylic acids is 4. The summed E-state index contributed by atoms with van der Waals surface area (Å²) in [6.45, 7) is 2.29. The number of benzene rings is 2. The molecule has 3 N–H and O–H groups in total. The first-order valence-corrected chi connectivity index (χ1v) is 11.7. The van der Waals surface area contributed by atoms with Gasteiger partial charge in [0.2, 0.25) is 15.9 Å². The van der Waals surface area contributed by atoms with Crippen LogP contribution in [0.1, 0.15) is 30.6 Å². The normalized spacial score (nSPS) is 10.8. The second-order valence-electron chi connectivity index (χ2n) is 6.83. The van der Waals surface area contributed by atoms with Crippen molar-refractivity contribution in [3.63, 3.8) is 0 Å². The molecule has 0 aliphatic rings. The highest BCUT2D eigenvalue weighted by Gasteiger charge is 2.17. The third-order valence-electron chi connectivity index (χ3n) is 4.17. The van der Waals surface area contributed by atoms with Crippen molar-refractivity contribution < 1.29 is 37.1 Å². The number of para-hydroxylation sites is 1. The van der Waals surface area contributed by atoms with Gasteiger partial charge in [-0.2, -0.15) is 0 Å². The molecule has 0 unspecified atom stereocenters. The number of hydrogen-bond donors (Lipinski definition) is 3. The number of rotatable bonds is 11. The average molecular weight is 492 g/mol. The second-order valence-corrected chi connectivity index (χ2v) is 8.60. The summed E-state index contributed by atoms with van der Waals surface area (Å²) in [5.74, 6) is -2.36. The minimum absolute atomic E-state index is 0.0467. The summed E-state index contributed by atoms with van der Waals surface area (Å²) in [6, 6.07) is 11.7. The summed E-state index contributed by atoms with van der Waals surface area (Å²) in [5, 5.41) is 4.99. The van der Waals surface area contributed by atoms with Crippen molar-refractivity contribution in [2.24, 2.45) is 0 Å². The van der Waals surface area contributed by atoms with Gasteiger partial charge in [-0.1, -0.05) is 12.1 Å². The number of ether oxygens (including phenoxy) is 2. The molecule has 0 spiro atoms. The number of sulfonamides is 1. The summed E-state index contributed by atoms with van der Waals surface area (Å²) in [6.07, 6.45) is -0.310. The van der Waals surface area contributed by atoms with Crippen LogP contribution in [0, 0.1) is 0 Å². The summed E-state index contributed by atoms with van der Waals surface area (Å²) in [5.41, 5.74) is 0.806. The topological polar surface area (TPSA) is 157 Å². The predicted molar refractivity (Wildman–Crippen MR) is 123 cm³/mol. The Morgan fingerprint density at radius 2 is 1.59 bits per heavy atom. The van der Waals surface area contributed by atoms with Crippen LogP contribution >= 0.6 is 0 Å². The molecule has 182 valence electrons. The van der Waals surface area contributed by atoms with Crippen molar-refractivity contribution in [2.75, 3.05) is 30.4 Å². The van der Waals surface area contributed by atoms with E-state index in [1.807, 2.05) is 0 Å². The molecule has 34 heavy (non-hydrogen) atoms. The molecule has 0 atom stereocenters. The summed E-state index contributed by atoms with van der Waals surface area (Å²) < 4.78 is 36.6. The Morgan fingerprint density at radius 1 is 0.912 bits per heavy atom. The monoisotopic (exact) mass is 491 g/mol. The van der Waals surface area contributed by atoms with Crippen molar-refractivity contribution in [2.45, 2.75) is 25.2 Å². The number of nitrogens with one attached hydrogen (secondary N) is 3. The largest absolute Gasteiger partial charge is 0.462 e. The maximum Gasteiger partial charge on any atom is 0.340 e. The highest BCUT2D eigenvalue weighted by molar-refractivity contribution is 7.89. The van der Waals surface area contributed by atoms with Crippen LogP contribution in [0.25, 0.3) is 0 Å². The summed E-state index contributed by atoms with van der Waals surface area (Å²) in [4.78, 5) is 46.9. The maximum atomic E-state index is 12.3. The number of anilines is 2. The van der Waals surface area contributed by atoms with Gasteiger partial charge in [0.25, 0.3) is 5.91 Å². The molecule has 2 amide bonds. The average Bonchev–Trinajstić information content (AvgIpc) is 2.78. The number of amides is 2. The Morgan fingerprint density at radius 3 is 2.24 bits per heavy atom. The lowest BCUT2D eigenvalue weighted by molar-refractivity contribution is -0.147. The van der Waals surface area contributed by atoms with Gasteiger partial charge in [-0.25, -0.2) is 17.9 Å². The SMILES string of the molecule is CCOC(=O)c1ccccc1NC(=O)COC(=O)CCNS(=O)(=O)c1ccc(NC(C)=O)cc1. The molecular formula is C22H25N3O8S. The molecule has 12 heteroatoms. The van der Waals surface area contributed by atoms with Gasteiger partial charge in [0.15, 0.2) is 6.61 Å². The first kappa shape index (κ1) is 26.5. The number of hydrogen-bond acceptors (Lipinski definition) is 8. The Kier molecular flexibility index (Phi) is 9.71. The lowest BCUT2D eigenvalue weighted by atomic mass is 10.2.